The highest BCUT2D eigenvalue weighted by Gasteiger charge is 2.38. The lowest BCUT2D eigenvalue weighted by atomic mass is 9.71. The standard InChI is InChI=1S/C17H23N3O3/c21-15(13-16(22)23)20-11-5-17(6-12-20)3-9-19(10-4-17)14-1-7-18-8-2-14/h1-2,7-8H,3-6,9-13H2,(H,22,23). The molecule has 0 bridgehead atoms. The van der Waals surface area contributed by atoms with E-state index in [1.54, 1.807) is 4.90 Å². The second-order valence-corrected chi connectivity index (χ2v) is 6.64. The third-order valence-corrected chi connectivity index (χ3v) is 5.33. The molecule has 2 aliphatic heterocycles. The number of carboxylic acid groups (broad SMARTS) is 1. The van der Waals surface area contributed by atoms with Gasteiger partial charge in [-0.2, -0.15) is 0 Å². The number of carbonyl (C=O) groups is 2. The Labute approximate surface area is 136 Å². The average molecular weight is 317 g/mol. The van der Waals surface area contributed by atoms with Crippen LogP contribution < -0.4 is 4.90 Å². The highest BCUT2D eigenvalue weighted by molar-refractivity contribution is 5.93. The van der Waals surface area contributed by atoms with Crippen molar-refractivity contribution >= 4 is 17.6 Å². The van der Waals surface area contributed by atoms with Crippen LogP contribution in [0.1, 0.15) is 32.1 Å². The summed E-state index contributed by atoms with van der Waals surface area (Å²) in [6.07, 6.45) is 7.51. The van der Waals surface area contributed by atoms with Crippen molar-refractivity contribution in [1.29, 1.82) is 0 Å². The summed E-state index contributed by atoms with van der Waals surface area (Å²) in [6.45, 7) is 3.46. The Morgan fingerprint density at radius 3 is 2.17 bits per heavy atom. The van der Waals surface area contributed by atoms with Crippen LogP contribution >= 0.6 is 0 Å². The molecule has 2 fully saturated rings. The number of rotatable bonds is 3. The highest BCUT2D eigenvalue weighted by atomic mass is 16.4. The zero-order chi connectivity index (χ0) is 16.3. The van der Waals surface area contributed by atoms with Crippen LogP contribution in [0, 0.1) is 5.41 Å². The third-order valence-electron chi connectivity index (χ3n) is 5.33. The largest absolute Gasteiger partial charge is 0.481 e. The summed E-state index contributed by atoms with van der Waals surface area (Å²) in [5.74, 6) is -1.29. The summed E-state index contributed by atoms with van der Waals surface area (Å²) in [5.41, 5.74) is 1.55. The number of hydrogen-bond acceptors (Lipinski definition) is 4. The molecule has 6 heteroatoms. The lowest BCUT2D eigenvalue weighted by Crippen LogP contribution is -2.48. The van der Waals surface area contributed by atoms with E-state index in [0.29, 0.717) is 18.5 Å². The smallest absolute Gasteiger partial charge is 0.312 e. The number of carbonyl (C=O) groups excluding carboxylic acids is 1. The Kier molecular flexibility index (Phi) is 4.50. The van der Waals surface area contributed by atoms with Gasteiger partial charge in [0, 0.05) is 44.3 Å². The Hall–Kier alpha value is -2.11. The number of piperidine rings is 2. The lowest BCUT2D eigenvalue weighted by Gasteiger charge is -2.47. The molecule has 2 aliphatic rings. The molecule has 2 saturated heterocycles. The number of nitrogens with zero attached hydrogens (tertiary/aromatic N) is 3. The summed E-state index contributed by atoms with van der Waals surface area (Å²) in [4.78, 5) is 30.7. The fraction of sp³-hybridized carbons (Fsp3) is 0.588. The maximum Gasteiger partial charge on any atom is 0.312 e. The number of amides is 1. The molecule has 124 valence electrons. The molecule has 0 aliphatic carbocycles. The summed E-state index contributed by atoms with van der Waals surface area (Å²) >= 11 is 0. The van der Waals surface area contributed by atoms with Gasteiger partial charge >= 0.3 is 5.97 Å². The molecular formula is C17H23N3O3. The first-order valence-corrected chi connectivity index (χ1v) is 8.23. The van der Waals surface area contributed by atoms with Crippen LogP contribution in [0.15, 0.2) is 24.5 Å². The van der Waals surface area contributed by atoms with Crippen LogP contribution in [0.2, 0.25) is 0 Å². The van der Waals surface area contributed by atoms with Crippen LogP contribution in [-0.4, -0.2) is 53.0 Å². The number of hydrogen-bond donors (Lipinski definition) is 1. The molecule has 0 radical (unpaired) electrons. The Morgan fingerprint density at radius 1 is 1.04 bits per heavy atom. The van der Waals surface area contributed by atoms with Crippen molar-refractivity contribution < 1.29 is 14.7 Å². The SMILES string of the molecule is O=C(O)CC(=O)N1CCC2(CC1)CCN(c1ccncc1)CC2. The number of carboxylic acids is 1. The van der Waals surface area contributed by atoms with Crippen LogP contribution in [0.3, 0.4) is 0 Å². The highest BCUT2D eigenvalue weighted by Crippen LogP contribution is 2.42. The van der Waals surface area contributed by atoms with Gasteiger partial charge in [-0.15, -0.1) is 0 Å². The van der Waals surface area contributed by atoms with Gasteiger partial charge in [-0.25, -0.2) is 0 Å². The van der Waals surface area contributed by atoms with Crippen molar-refractivity contribution in [3.63, 3.8) is 0 Å². The van der Waals surface area contributed by atoms with Crippen molar-refractivity contribution in [2.24, 2.45) is 5.41 Å². The van der Waals surface area contributed by atoms with Crippen molar-refractivity contribution in [3.8, 4) is 0 Å². The Balaban J connectivity index is 1.52. The minimum atomic E-state index is -1.04. The average Bonchev–Trinajstić information content (AvgIpc) is 2.56. The van der Waals surface area contributed by atoms with E-state index in [0.717, 1.165) is 38.8 Å². The minimum absolute atomic E-state index is 0.249. The fourth-order valence-corrected chi connectivity index (χ4v) is 3.77. The molecule has 0 aromatic carbocycles. The first-order chi connectivity index (χ1) is 11.1. The van der Waals surface area contributed by atoms with E-state index in [1.807, 2.05) is 24.5 Å². The number of likely N-dealkylation sites (tertiary alicyclic amines) is 1. The normalized spacial score (nSPS) is 20.5. The minimum Gasteiger partial charge on any atom is -0.481 e. The molecule has 1 aromatic heterocycles. The van der Waals surface area contributed by atoms with Gasteiger partial charge in [0.15, 0.2) is 0 Å². The van der Waals surface area contributed by atoms with Crippen molar-refractivity contribution in [2.45, 2.75) is 32.1 Å². The summed E-state index contributed by atoms with van der Waals surface area (Å²) in [7, 11) is 0. The van der Waals surface area contributed by atoms with Gasteiger partial charge in [0.25, 0.3) is 0 Å². The van der Waals surface area contributed by atoms with Gasteiger partial charge < -0.3 is 14.9 Å². The van der Waals surface area contributed by atoms with Gasteiger partial charge in [0.2, 0.25) is 5.91 Å². The summed E-state index contributed by atoms with van der Waals surface area (Å²) in [6, 6.07) is 4.09. The van der Waals surface area contributed by atoms with Crippen molar-refractivity contribution in [1.82, 2.24) is 9.88 Å². The molecule has 1 spiro atoms. The van der Waals surface area contributed by atoms with E-state index >= 15 is 0 Å². The van der Waals surface area contributed by atoms with Crippen molar-refractivity contribution in [2.75, 3.05) is 31.1 Å². The molecule has 23 heavy (non-hydrogen) atoms. The first-order valence-electron chi connectivity index (χ1n) is 8.23. The lowest BCUT2D eigenvalue weighted by molar-refractivity contribution is -0.145. The number of aliphatic carboxylic acids is 1. The van der Waals surface area contributed by atoms with Crippen LogP contribution in [0.25, 0.3) is 0 Å². The van der Waals surface area contributed by atoms with E-state index < -0.39 is 5.97 Å². The molecule has 1 N–H and O–H groups in total. The third kappa shape index (κ3) is 3.63. The van der Waals surface area contributed by atoms with Crippen molar-refractivity contribution in [3.05, 3.63) is 24.5 Å². The van der Waals surface area contributed by atoms with E-state index in [1.165, 1.54) is 5.69 Å². The molecule has 1 aromatic rings. The molecule has 3 heterocycles. The molecule has 0 atom stereocenters. The van der Waals surface area contributed by atoms with Gasteiger partial charge in [0.05, 0.1) is 0 Å². The van der Waals surface area contributed by atoms with Gasteiger partial charge in [-0.3, -0.25) is 14.6 Å². The monoisotopic (exact) mass is 317 g/mol. The summed E-state index contributed by atoms with van der Waals surface area (Å²) < 4.78 is 0. The second kappa shape index (κ2) is 6.56. The number of aromatic nitrogens is 1. The summed E-state index contributed by atoms with van der Waals surface area (Å²) in [5, 5.41) is 8.74. The zero-order valence-corrected chi connectivity index (χ0v) is 13.3. The molecule has 3 rings (SSSR count). The van der Waals surface area contributed by atoms with E-state index in [-0.39, 0.29) is 12.3 Å². The predicted molar refractivity (Wildman–Crippen MR) is 86.2 cm³/mol. The topological polar surface area (TPSA) is 73.7 Å². The quantitative estimate of drug-likeness (QED) is 0.860. The van der Waals surface area contributed by atoms with Crippen LogP contribution in [-0.2, 0) is 9.59 Å². The molecule has 0 unspecified atom stereocenters. The Bertz CT molecular complexity index is 558. The van der Waals surface area contributed by atoms with Gasteiger partial charge in [-0.1, -0.05) is 0 Å². The molecule has 1 amide bonds. The van der Waals surface area contributed by atoms with Gasteiger partial charge in [0.1, 0.15) is 6.42 Å². The first kappa shape index (κ1) is 15.8. The predicted octanol–water partition coefficient (Wildman–Crippen LogP) is 1.77. The zero-order valence-electron chi connectivity index (χ0n) is 13.3. The van der Waals surface area contributed by atoms with E-state index in [2.05, 4.69) is 9.88 Å². The maximum absolute atomic E-state index is 11.8. The van der Waals surface area contributed by atoms with Crippen LogP contribution in [0.5, 0.6) is 0 Å². The molecule has 0 saturated carbocycles. The van der Waals surface area contributed by atoms with Crippen LogP contribution in [0.4, 0.5) is 5.69 Å². The number of anilines is 1. The molecule has 6 nitrogen and oxygen atoms in total. The second-order valence-electron chi connectivity index (χ2n) is 6.64. The van der Waals surface area contributed by atoms with E-state index in [4.69, 9.17) is 5.11 Å². The Morgan fingerprint density at radius 2 is 1.61 bits per heavy atom. The number of pyridine rings is 1. The maximum atomic E-state index is 11.8. The fourth-order valence-electron chi connectivity index (χ4n) is 3.77. The molecular weight excluding hydrogens is 294 g/mol. The van der Waals surface area contributed by atoms with E-state index in [9.17, 15) is 9.59 Å². The van der Waals surface area contributed by atoms with Gasteiger partial charge in [-0.05, 0) is 43.2 Å².